The molecule has 3 aromatic carbocycles. The third-order valence-electron chi connectivity index (χ3n) is 6.21. The van der Waals surface area contributed by atoms with E-state index in [1.165, 1.54) is 9.87 Å². The van der Waals surface area contributed by atoms with Gasteiger partial charge in [-0.1, -0.05) is 60.7 Å². The van der Waals surface area contributed by atoms with E-state index in [1.54, 1.807) is 12.1 Å². The number of nitrogens with zero attached hydrogens (tertiary/aromatic N) is 1. The number of hydrogen-bond donors (Lipinski definition) is 1. The number of fused-ring (bicyclic) bond motifs is 1. The monoisotopic (exact) mass is 450 g/mol. The van der Waals surface area contributed by atoms with Gasteiger partial charge in [-0.2, -0.15) is 4.31 Å². The van der Waals surface area contributed by atoms with E-state index in [-0.39, 0.29) is 29.3 Å². The predicted octanol–water partition coefficient (Wildman–Crippen LogP) is 4.38. The van der Waals surface area contributed by atoms with E-state index in [2.05, 4.69) is 17.4 Å². The van der Waals surface area contributed by atoms with Crippen molar-refractivity contribution >= 4 is 26.7 Å². The number of amides is 1. The smallest absolute Gasteiger partial charge is 0.243 e. The van der Waals surface area contributed by atoms with Crippen LogP contribution in [0.4, 0.5) is 0 Å². The molecule has 2 atom stereocenters. The minimum Gasteiger partial charge on any atom is -0.353 e. The van der Waals surface area contributed by atoms with Gasteiger partial charge in [0.1, 0.15) is 0 Å². The Balaban J connectivity index is 1.38. The molecule has 0 aromatic heterocycles. The summed E-state index contributed by atoms with van der Waals surface area (Å²) in [6.45, 7) is 2.68. The Morgan fingerprint density at radius 1 is 1.03 bits per heavy atom. The zero-order chi connectivity index (χ0) is 22.6. The molecule has 1 N–H and O–H groups in total. The van der Waals surface area contributed by atoms with Gasteiger partial charge in [-0.15, -0.1) is 0 Å². The molecule has 3 aromatic rings. The third kappa shape index (κ3) is 5.19. The number of rotatable bonds is 7. The molecule has 1 aliphatic rings. The Kier molecular flexibility index (Phi) is 6.92. The summed E-state index contributed by atoms with van der Waals surface area (Å²) in [6.07, 6.45) is 3.14. The predicted molar refractivity (Wildman–Crippen MR) is 128 cm³/mol. The molecule has 1 fully saturated rings. The molecule has 1 amide bonds. The standard InChI is InChI=1S/C26H30N2O3S/c1-20(13-14-21-8-3-2-4-9-21)27-26(29)24-12-7-17-28(19-24)32(30,31)25-16-15-22-10-5-6-11-23(22)18-25/h2-6,8-11,15-16,18,20,24H,7,12-14,17,19H2,1H3,(H,27,29)/t20-,24+/m0/s1. The van der Waals surface area contributed by atoms with Crippen LogP contribution in [0.2, 0.25) is 0 Å². The van der Waals surface area contributed by atoms with Crippen LogP contribution in [0, 0.1) is 5.92 Å². The Labute approximate surface area is 190 Å². The first kappa shape index (κ1) is 22.5. The zero-order valence-electron chi connectivity index (χ0n) is 18.4. The minimum absolute atomic E-state index is 0.0372. The van der Waals surface area contributed by atoms with E-state index in [0.717, 1.165) is 23.6 Å². The second-order valence-electron chi connectivity index (χ2n) is 8.65. The summed E-state index contributed by atoms with van der Waals surface area (Å²) in [5, 5.41) is 5.00. The molecule has 0 spiro atoms. The van der Waals surface area contributed by atoms with Gasteiger partial charge in [-0.05, 0) is 61.1 Å². The van der Waals surface area contributed by atoms with Gasteiger partial charge >= 0.3 is 0 Å². The second kappa shape index (κ2) is 9.84. The van der Waals surface area contributed by atoms with Crippen LogP contribution in [0.5, 0.6) is 0 Å². The van der Waals surface area contributed by atoms with Crippen LogP contribution in [0.1, 0.15) is 31.7 Å². The Hall–Kier alpha value is -2.70. The topological polar surface area (TPSA) is 66.5 Å². The van der Waals surface area contributed by atoms with Crippen LogP contribution < -0.4 is 5.32 Å². The number of carbonyl (C=O) groups excluding carboxylic acids is 1. The minimum atomic E-state index is -3.64. The van der Waals surface area contributed by atoms with Crippen LogP contribution in [-0.2, 0) is 21.2 Å². The summed E-state index contributed by atoms with van der Waals surface area (Å²) in [7, 11) is -3.64. The molecule has 0 bridgehead atoms. The first-order valence-electron chi connectivity index (χ1n) is 11.3. The normalized spacial score (nSPS) is 18.3. The molecule has 0 unspecified atom stereocenters. The van der Waals surface area contributed by atoms with Gasteiger partial charge in [-0.25, -0.2) is 8.42 Å². The van der Waals surface area contributed by atoms with E-state index < -0.39 is 10.0 Å². The average Bonchev–Trinajstić information content (AvgIpc) is 2.83. The fourth-order valence-electron chi connectivity index (χ4n) is 4.31. The van der Waals surface area contributed by atoms with Crippen molar-refractivity contribution in [1.82, 2.24) is 9.62 Å². The zero-order valence-corrected chi connectivity index (χ0v) is 19.2. The number of benzene rings is 3. The number of piperidine rings is 1. The van der Waals surface area contributed by atoms with Crippen molar-refractivity contribution in [3.05, 3.63) is 78.4 Å². The Morgan fingerprint density at radius 2 is 1.75 bits per heavy atom. The van der Waals surface area contributed by atoms with Gasteiger partial charge in [0.25, 0.3) is 0 Å². The van der Waals surface area contributed by atoms with Crippen LogP contribution in [0.15, 0.2) is 77.7 Å². The summed E-state index contributed by atoms with van der Waals surface area (Å²) in [5.41, 5.74) is 1.25. The quantitative estimate of drug-likeness (QED) is 0.581. The fourth-order valence-corrected chi connectivity index (χ4v) is 5.87. The van der Waals surface area contributed by atoms with Crippen LogP contribution in [0.3, 0.4) is 0 Å². The lowest BCUT2D eigenvalue weighted by Gasteiger charge is -2.32. The highest BCUT2D eigenvalue weighted by Crippen LogP contribution is 2.26. The van der Waals surface area contributed by atoms with Crippen LogP contribution in [-0.4, -0.2) is 37.8 Å². The molecule has 5 nitrogen and oxygen atoms in total. The number of carbonyl (C=O) groups is 1. The average molecular weight is 451 g/mol. The van der Waals surface area contributed by atoms with Gasteiger partial charge in [0.2, 0.25) is 15.9 Å². The molecule has 168 valence electrons. The molecule has 1 heterocycles. The third-order valence-corrected chi connectivity index (χ3v) is 8.07. The summed E-state index contributed by atoms with van der Waals surface area (Å²) in [5.74, 6) is -0.373. The molecular formula is C26H30N2O3S. The van der Waals surface area contributed by atoms with E-state index >= 15 is 0 Å². The molecule has 32 heavy (non-hydrogen) atoms. The lowest BCUT2D eigenvalue weighted by Crippen LogP contribution is -2.47. The highest BCUT2D eigenvalue weighted by Gasteiger charge is 2.33. The molecule has 1 saturated heterocycles. The van der Waals surface area contributed by atoms with E-state index in [0.29, 0.717) is 19.4 Å². The lowest BCUT2D eigenvalue weighted by atomic mass is 9.98. The van der Waals surface area contributed by atoms with Gasteiger partial charge in [0, 0.05) is 19.1 Å². The molecule has 0 radical (unpaired) electrons. The van der Waals surface area contributed by atoms with Crippen molar-refractivity contribution in [3.63, 3.8) is 0 Å². The van der Waals surface area contributed by atoms with Crippen molar-refractivity contribution in [1.29, 1.82) is 0 Å². The van der Waals surface area contributed by atoms with Gasteiger partial charge in [0.15, 0.2) is 0 Å². The Bertz CT molecular complexity index is 1180. The van der Waals surface area contributed by atoms with Gasteiger partial charge < -0.3 is 5.32 Å². The largest absolute Gasteiger partial charge is 0.353 e. The highest BCUT2D eigenvalue weighted by molar-refractivity contribution is 7.89. The maximum absolute atomic E-state index is 13.3. The SMILES string of the molecule is C[C@@H](CCc1ccccc1)NC(=O)[C@@H]1CCCN(S(=O)(=O)c2ccc3ccccc3c2)C1. The fraction of sp³-hybridized carbons (Fsp3) is 0.346. The molecule has 4 rings (SSSR count). The summed E-state index contributed by atoms with van der Waals surface area (Å²) < 4.78 is 28.0. The molecule has 6 heteroatoms. The molecule has 0 aliphatic carbocycles. The first-order chi connectivity index (χ1) is 15.4. The summed E-state index contributed by atoms with van der Waals surface area (Å²) in [4.78, 5) is 13.2. The summed E-state index contributed by atoms with van der Waals surface area (Å²) >= 11 is 0. The summed E-state index contributed by atoms with van der Waals surface area (Å²) in [6, 6.07) is 23.2. The molecule has 1 aliphatic heterocycles. The van der Waals surface area contributed by atoms with Gasteiger partial charge in [-0.3, -0.25) is 4.79 Å². The van der Waals surface area contributed by atoms with Gasteiger partial charge in [0.05, 0.1) is 10.8 Å². The van der Waals surface area contributed by atoms with E-state index in [9.17, 15) is 13.2 Å². The van der Waals surface area contributed by atoms with Crippen molar-refractivity contribution in [3.8, 4) is 0 Å². The number of nitrogens with one attached hydrogen (secondary N) is 1. The van der Waals surface area contributed by atoms with Crippen molar-refractivity contribution in [2.45, 2.75) is 43.5 Å². The Morgan fingerprint density at radius 3 is 2.53 bits per heavy atom. The lowest BCUT2D eigenvalue weighted by molar-refractivity contribution is -0.126. The number of sulfonamides is 1. The second-order valence-corrected chi connectivity index (χ2v) is 10.6. The highest BCUT2D eigenvalue weighted by atomic mass is 32.2. The van der Waals surface area contributed by atoms with Crippen molar-refractivity contribution in [2.24, 2.45) is 5.92 Å². The van der Waals surface area contributed by atoms with E-state index in [4.69, 9.17) is 0 Å². The van der Waals surface area contributed by atoms with Crippen molar-refractivity contribution < 1.29 is 13.2 Å². The van der Waals surface area contributed by atoms with Crippen molar-refractivity contribution in [2.75, 3.05) is 13.1 Å². The maximum atomic E-state index is 13.3. The van der Waals surface area contributed by atoms with Crippen LogP contribution >= 0.6 is 0 Å². The van der Waals surface area contributed by atoms with Crippen LogP contribution in [0.25, 0.3) is 10.8 Å². The number of hydrogen-bond acceptors (Lipinski definition) is 3. The maximum Gasteiger partial charge on any atom is 0.243 e. The molecular weight excluding hydrogens is 420 g/mol. The van der Waals surface area contributed by atoms with E-state index in [1.807, 2.05) is 55.5 Å². The molecule has 0 saturated carbocycles. The first-order valence-corrected chi connectivity index (χ1v) is 12.7. The number of aryl methyl sites for hydroxylation is 1.